The number of esters is 1. The summed E-state index contributed by atoms with van der Waals surface area (Å²) in [5.41, 5.74) is 2.49. The molecule has 0 fully saturated rings. The molecule has 132 valence electrons. The molecule has 1 heterocycles. The zero-order valence-corrected chi connectivity index (χ0v) is 15.8. The Morgan fingerprint density at radius 2 is 1.69 bits per heavy atom. The zero-order chi connectivity index (χ0) is 18.7. The first-order valence-electron chi connectivity index (χ1n) is 7.85. The van der Waals surface area contributed by atoms with Gasteiger partial charge in [-0.3, -0.25) is 4.79 Å². The molecule has 0 aliphatic carbocycles. The molecule has 2 aromatic carbocycles. The molecule has 0 radical (unpaired) electrons. The molecule has 0 aliphatic heterocycles. The largest absolute Gasteiger partial charge is 0.465 e. The molecule has 0 bridgehead atoms. The first kappa shape index (κ1) is 18.2. The zero-order valence-electron chi connectivity index (χ0n) is 14.2. The topological polar surface area (TPSA) is 55.4 Å². The van der Waals surface area contributed by atoms with Gasteiger partial charge in [0.2, 0.25) is 0 Å². The Labute approximate surface area is 160 Å². The second-order valence-corrected chi connectivity index (χ2v) is 7.22. The van der Waals surface area contributed by atoms with Crippen molar-refractivity contribution < 1.29 is 14.3 Å². The lowest BCUT2D eigenvalue weighted by atomic mass is 10.0. The van der Waals surface area contributed by atoms with Crippen LogP contribution in [-0.2, 0) is 4.74 Å². The van der Waals surface area contributed by atoms with Crippen LogP contribution in [0.3, 0.4) is 0 Å². The van der Waals surface area contributed by atoms with Crippen molar-refractivity contribution in [3.05, 3.63) is 75.6 Å². The summed E-state index contributed by atoms with van der Waals surface area (Å²) >= 11 is 7.21. The average molecular weight is 386 g/mol. The number of methoxy groups -OCH3 is 1. The van der Waals surface area contributed by atoms with E-state index >= 15 is 0 Å². The van der Waals surface area contributed by atoms with Crippen molar-refractivity contribution in [3.8, 4) is 11.1 Å². The average Bonchev–Trinajstić information content (AvgIpc) is 2.98. The molecule has 3 rings (SSSR count). The number of hydrogen-bond acceptors (Lipinski definition) is 4. The molecule has 1 aromatic heterocycles. The number of carbonyl (C=O) groups is 2. The molecule has 26 heavy (non-hydrogen) atoms. The Morgan fingerprint density at radius 3 is 2.31 bits per heavy atom. The summed E-state index contributed by atoms with van der Waals surface area (Å²) in [6.45, 7) is 1.91. The standard InChI is InChI=1S/C20H16ClNO3S/c1-12-16(13-6-4-3-5-7-13)17(20(24)25-2)19(26-12)22-18(23)14-8-10-15(21)11-9-14/h3-11H,1-2H3,(H,22,23). The highest BCUT2D eigenvalue weighted by Crippen LogP contribution is 2.40. The Hall–Kier alpha value is -2.63. The van der Waals surface area contributed by atoms with Crippen molar-refractivity contribution >= 4 is 39.8 Å². The number of hydrogen-bond donors (Lipinski definition) is 1. The molecule has 0 saturated heterocycles. The van der Waals surface area contributed by atoms with Gasteiger partial charge in [0.1, 0.15) is 10.6 Å². The van der Waals surface area contributed by atoms with Gasteiger partial charge in [-0.15, -0.1) is 11.3 Å². The van der Waals surface area contributed by atoms with Gasteiger partial charge in [0, 0.05) is 21.0 Å². The number of rotatable bonds is 4. The Morgan fingerprint density at radius 1 is 1.04 bits per heavy atom. The minimum atomic E-state index is -0.486. The minimum Gasteiger partial charge on any atom is -0.465 e. The van der Waals surface area contributed by atoms with Gasteiger partial charge in [-0.25, -0.2) is 4.79 Å². The molecule has 0 atom stereocenters. The highest BCUT2D eigenvalue weighted by atomic mass is 35.5. The van der Waals surface area contributed by atoms with E-state index in [9.17, 15) is 9.59 Å². The molecule has 3 aromatic rings. The van der Waals surface area contributed by atoms with Crippen molar-refractivity contribution in [1.29, 1.82) is 0 Å². The van der Waals surface area contributed by atoms with E-state index in [1.165, 1.54) is 18.4 Å². The predicted molar refractivity (Wildman–Crippen MR) is 105 cm³/mol. The SMILES string of the molecule is COC(=O)c1c(NC(=O)c2ccc(Cl)cc2)sc(C)c1-c1ccccc1. The summed E-state index contributed by atoms with van der Waals surface area (Å²) in [4.78, 5) is 25.9. The molecule has 0 saturated carbocycles. The number of thiophene rings is 1. The number of nitrogens with one attached hydrogen (secondary N) is 1. The molecule has 6 heteroatoms. The van der Waals surface area contributed by atoms with E-state index < -0.39 is 5.97 Å². The molecule has 0 aliphatic rings. The van der Waals surface area contributed by atoms with E-state index in [1.807, 2.05) is 37.3 Å². The van der Waals surface area contributed by atoms with Crippen LogP contribution in [0.5, 0.6) is 0 Å². The summed E-state index contributed by atoms with van der Waals surface area (Å²) in [7, 11) is 1.33. The van der Waals surface area contributed by atoms with Crippen LogP contribution in [-0.4, -0.2) is 19.0 Å². The van der Waals surface area contributed by atoms with Crippen LogP contribution >= 0.6 is 22.9 Å². The number of benzene rings is 2. The second-order valence-electron chi connectivity index (χ2n) is 5.56. The number of ether oxygens (including phenoxy) is 1. The Bertz CT molecular complexity index is 949. The summed E-state index contributed by atoms with van der Waals surface area (Å²) in [5, 5.41) is 3.85. The maximum atomic E-state index is 12.5. The lowest BCUT2D eigenvalue weighted by molar-refractivity contribution is 0.0603. The van der Waals surface area contributed by atoms with Gasteiger partial charge >= 0.3 is 5.97 Å². The summed E-state index contributed by atoms with van der Waals surface area (Å²) < 4.78 is 4.95. The third-order valence-electron chi connectivity index (χ3n) is 3.87. The van der Waals surface area contributed by atoms with E-state index in [1.54, 1.807) is 24.3 Å². The first-order chi connectivity index (χ1) is 12.5. The van der Waals surface area contributed by atoms with Gasteiger partial charge in [0.25, 0.3) is 5.91 Å². The van der Waals surface area contributed by atoms with Gasteiger partial charge in [0.15, 0.2) is 0 Å². The third-order valence-corrected chi connectivity index (χ3v) is 5.14. The van der Waals surface area contributed by atoms with Gasteiger partial charge in [0.05, 0.1) is 7.11 Å². The van der Waals surface area contributed by atoms with E-state index in [2.05, 4.69) is 5.32 Å². The lowest BCUT2D eigenvalue weighted by Gasteiger charge is -2.08. The molecular weight excluding hydrogens is 370 g/mol. The Balaban J connectivity index is 2.03. The van der Waals surface area contributed by atoms with Gasteiger partial charge in [-0.05, 0) is 36.8 Å². The van der Waals surface area contributed by atoms with E-state index in [-0.39, 0.29) is 5.91 Å². The van der Waals surface area contributed by atoms with E-state index in [4.69, 9.17) is 16.3 Å². The van der Waals surface area contributed by atoms with Crippen molar-refractivity contribution in [1.82, 2.24) is 0 Å². The first-order valence-corrected chi connectivity index (χ1v) is 9.04. The maximum absolute atomic E-state index is 12.5. The van der Waals surface area contributed by atoms with E-state index in [0.29, 0.717) is 21.2 Å². The van der Waals surface area contributed by atoms with Crippen LogP contribution in [0.15, 0.2) is 54.6 Å². The number of amides is 1. The van der Waals surface area contributed by atoms with Crippen LogP contribution < -0.4 is 5.32 Å². The third kappa shape index (κ3) is 3.64. The van der Waals surface area contributed by atoms with Gasteiger partial charge < -0.3 is 10.1 Å². The molecule has 4 nitrogen and oxygen atoms in total. The number of carbonyl (C=O) groups excluding carboxylic acids is 2. The van der Waals surface area contributed by atoms with Crippen LogP contribution in [0.2, 0.25) is 5.02 Å². The van der Waals surface area contributed by atoms with Gasteiger partial charge in [-0.1, -0.05) is 41.9 Å². The fourth-order valence-electron chi connectivity index (χ4n) is 2.66. The summed E-state index contributed by atoms with van der Waals surface area (Å²) in [6.07, 6.45) is 0. The fourth-order valence-corrected chi connectivity index (χ4v) is 3.84. The Kier molecular flexibility index (Phi) is 5.40. The predicted octanol–water partition coefficient (Wildman–Crippen LogP) is 5.42. The molecule has 1 N–H and O–H groups in total. The molecule has 0 unspecified atom stereocenters. The number of anilines is 1. The molecule has 1 amide bonds. The van der Waals surface area contributed by atoms with Crippen LogP contribution in [0.25, 0.3) is 11.1 Å². The van der Waals surface area contributed by atoms with Crippen LogP contribution in [0, 0.1) is 6.92 Å². The number of halogens is 1. The van der Waals surface area contributed by atoms with Crippen LogP contribution in [0.1, 0.15) is 25.6 Å². The quantitative estimate of drug-likeness (QED) is 0.610. The normalized spacial score (nSPS) is 10.4. The number of aryl methyl sites for hydroxylation is 1. The molecule has 0 spiro atoms. The second kappa shape index (κ2) is 7.72. The monoisotopic (exact) mass is 385 g/mol. The van der Waals surface area contributed by atoms with Crippen molar-refractivity contribution in [2.45, 2.75) is 6.92 Å². The fraction of sp³-hybridized carbons (Fsp3) is 0.100. The smallest absolute Gasteiger partial charge is 0.341 e. The highest BCUT2D eigenvalue weighted by molar-refractivity contribution is 7.17. The highest BCUT2D eigenvalue weighted by Gasteiger charge is 2.25. The minimum absolute atomic E-state index is 0.312. The summed E-state index contributed by atoms with van der Waals surface area (Å²) in [5.74, 6) is -0.799. The molecular formula is C20H16ClNO3S. The lowest BCUT2D eigenvalue weighted by Crippen LogP contribution is -2.14. The van der Waals surface area contributed by atoms with Crippen molar-refractivity contribution in [2.75, 3.05) is 12.4 Å². The summed E-state index contributed by atoms with van der Waals surface area (Å²) in [6, 6.07) is 16.1. The van der Waals surface area contributed by atoms with Crippen molar-refractivity contribution in [2.24, 2.45) is 0 Å². The maximum Gasteiger partial charge on any atom is 0.341 e. The van der Waals surface area contributed by atoms with E-state index in [0.717, 1.165) is 16.0 Å². The van der Waals surface area contributed by atoms with Crippen molar-refractivity contribution in [3.63, 3.8) is 0 Å². The van der Waals surface area contributed by atoms with Gasteiger partial charge in [-0.2, -0.15) is 0 Å². The van der Waals surface area contributed by atoms with Crippen LogP contribution in [0.4, 0.5) is 5.00 Å².